The van der Waals surface area contributed by atoms with Gasteiger partial charge in [-0.1, -0.05) is 158 Å². The summed E-state index contributed by atoms with van der Waals surface area (Å²) in [5.74, 6) is -8.60. The van der Waals surface area contributed by atoms with Gasteiger partial charge in [0.2, 0.25) is 0 Å². The van der Waals surface area contributed by atoms with Gasteiger partial charge in [-0.2, -0.15) is 0 Å². The maximum atomic E-state index is 13.3. The molecule has 0 aliphatic carbocycles. The van der Waals surface area contributed by atoms with E-state index in [1.165, 1.54) is 0 Å². The van der Waals surface area contributed by atoms with Gasteiger partial charge in [0.25, 0.3) is 0 Å². The average Bonchev–Trinajstić information content (AvgIpc) is 3.84. The molecule has 0 spiro atoms. The van der Waals surface area contributed by atoms with Crippen molar-refractivity contribution in [2.75, 3.05) is 26.4 Å². The van der Waals surface area contributed by atoms with Crippen LogP contribution in [-0.4, -0.2) is 62.2 Å². The van der Waals surface area contributed by atoms with Crippen LogP contribution in [0.4, 0.5) is 0 Å². The Balaban J connectivity index is 0.000000201. The van der Waals surface area contributed by atoms with Crippen LogP contribution in [0.3, 0.4) is 0 Å². The molecule has 0 amide bonds. The van der Waals surface area contributed by atoms with Crippen LogP contribution in [0.5, 0.6) is 0 Å². The van der Waals surface area contributed by atoms with Crippen molar-refractivity contribution >= 4 is 35.8 Å². The lowest BCUT2D eigenvalue weighted by molar-refractivity contribution is -0.167. The molecule has 6 aromatic rings. The number of benzene rings is 6. The van der Waals surface area contributed by atoms with Crippen LogP contribution in [0.1, 0.15) is 93.6 Å². The molecule has 0 radical (unpaired) electrons. The van der Waals surface area contributed by atoms with E-state index in [0.29, 0.717) is 44.5 Å². The molecule has 348 valence electrons. The molecular formula is C56H52O12. The molecule has 0 saturated carbocycles. The quantitative estimate of drug-likeness (QED) is 0.0516. The molecule has 8 rings (SSSR count). The van der Waals surface area contributed by atoms with Gasteiger partial charge in [-0.05, 0) is 51.0 Å². The van der Waals surface area contributed by atoms with Gasteiger partial charge in [0.1, 0.15) is 0 Å². The minimum absolute atomic E-state index is 0.0883. The van der Waals surface area contributed by atoms with E-state index in [9.17, 15) is 28.8 Å². The number of rotatable bonds is 16. The number of hydrogen-bond donors (Lipinski definition) is 0. The molecule has 0 unspecified atom stereocenters. The van der Waals surface area contributed by atoms with Gasteiger partial charge in [0, 0.05) is 22.3 Å². The number of carbonyl (C=O) groups excluding carboxylic acids is 6. The van der Waals surface area contributed by atoms with Crippen LogP contribution in [0.15, 0.2) is 170 Å². The van der Waals surface area contributed by atoms with Crippen LogP contribution in [-0.2, 0) is 58.8 Å². The minimum Gasteiger partial charge on any atom is -0.465 e. The van der Waals surface area contributed by atoms with E-state index in [-0.39, 0.29) is 26.4 Å². The predicted molar refractivity (Wildman–Crippen MR) is 250 cm³/mol. The van der Waals surface area contributed by atoms with Crippen LogP contribution >= 0.6 is 0 Å². The summed E-state index contributed by atoms with van der Waals surface area (Å²) in [5.41, 5.74) is 1.58. The summed E-state index contributed by atoms with van der Waals surface area (Å²) in [6.45, 7) is 7.06. The molecule has 68 heavy (non-hydrogen) atoms. The van der Waals surface area contributed by atoms with E-state index < -0.39 is 70.7 Å². The van der Waals surface area contributed by atoms with Crippen molar-refractivity contribution in [3.63, 3.8) is 0 Å². The average molecular weight is 917 g/mol. The van der Waals surface area contributed by atoms with Gasteiger partial charge in [-0.3, -0.25) is 19.2 Å². The summed E-state index contributed by atoms with van der Waals surface area (Å²) in [4.78, 5) is 79.6. The molecule has 2 heterocycles. The smallest absolute Gasteiger partial charge is 0.339 e. The molecule has 2 aliphatic rings. The number of hydrogen-bond acceptors (Lipinski definition) is 12. The molecule has 0 aromatic heterocycles. The Morgan fingerprint density at radius 3 is 0.956 bits per heavy atom. The standard InChI is InChI=1S/2C28H26O6/c2*1-3-32-26(30)23(27(31)33-4-2)24(19-13-7-5-8-14-19)28(20-15-9-6-10-16-20)22-18-12-11-17-21(22)25(29)34-28/h2*5-18,23-24H,3-4H2,1-2H3/t2*24-,28-/m11/s1. The largest absolute Gasteiger partial charge is 0.465 e. The second-order valence-electron chi connectivity index (χ2n) is 15.8. The lowest BCUT2D eigenvalue weighted by Gasteiger charge is -2.40. The molecule has 2 aliphatic heterocycles. The minimum atomic E-state index is -1.46. The number of cyclic esters (lactones) is 2. The number of ether oxygens (including phenoxy) is 6. The molecule has 4 atom stereocenters. The van der Waals surface area contributed by atoms with E-state index in [2.05, 4.69) is 0 Å². The first kappa shape index (κ1) is 48.1. The van der Waals surface area contributed by atoms with Crippen LogP contribution in [0, 0.1) is 11.8 Å². The second-order valence-corrected chi connectivity index (χ2v) is 15.8. The third-order valence-electron chi connectivity index (χ3n) is 12.0. The fraction of sp³-hybridized carbons (Fsp3) is 0.250. The molecule has 0 N–H and O–H groups in total. The summed E-state index contributed by atoms with van der Waals surface area (Å²) in [5, 5.41) is 0. The highest BCUT2D eigenvalue weighted by atomic mass is 16.6. The predicted octanol–water partition coefficient (Wildman–Crippen LogP) is 9.25. The van der Waals surface area contributed by atoms with E-state index in [0.717, 1.165) is 0 Å². The zero-order valence-electron chi connectivity index (χ0n) is 38.2. The number of esters is 6. The van der Waals surface area contributed by atoms with Crippen molar-refractivity contribution in [2.24, 2.45) is 11.8 Å². The number of carbonyl (C=O) groups is 6. The highest BCUT2D eigenvalue weighted by Crippen LogP contribution is 2.56. The summed E-state index contributed by atoms with van der Waals surface area (Å²) in [7, 11) is 0. The van der Waals surface area contributed by atoms with Crippen molar-refractivity contribution < 1.29 is 57.2 Å². The summed E-state index contributed by atoms with van der Waals surface area (Å²) in [6.07, 6.45) is 0. The Morgan fingerprint density at radius 2 is 0.662 bits per heavy atom. The second kappa shape index (κ2) is 21.6. The Bertz CT molecular complexity index is 2500. The molecule has 0 bridgehead atoms. The maximum absolute atomic E-state index is 13.3. The summed E-state index contributed by atoms with van der Waals surface area (Å²) in [6, 6.07) is 50.7. The van der Waals surface area contributed by atoms with Gasteiger partial charge in [0.15, 0.2) is 23.0 Å². The lowest BCUT2D eigenvalue weighted by Crippen LogP contribution is -2.45. The molecule has 12 nitrogen and oxygen atoms in total. The zero-order chi connectivity index (χ0) is 48.3. The SMILES string of the molecule is CCOC(=O)C(C(=O)OCC)[C@@H](c1ccccc1)[C@]1(c2ccccc2)OC(=O)c2ccccc21.CCOC(=O)C(C(=O)OCC)[C@@H](c1ccccc1)[C@]1(c2ccccc2)OC(=O)c2ccccc21. The van der Waals surface area contributed by atoms with Gasteiger partial charge in [0.05, 0.1) is 49.4 Å². The molecular weight excluding hydrogens is 865 g/mol. The fourth-order valence-electron chi connectivity index (χ4n) is 9.41. The van der Waals surface area contributed by atoms with E-state index in [4.69, 9.17) is 28.4 Å². The topological polar surface area (TPSA) is 158 Å². The zero-order valence-corrected chi connectivity index (χ0v) is 38.2. The highest BCUT2D eigenvalue weighted by Gasteiger charge is 2.60. The summed E-state index contributed by atoms with van der Waals surface area (Å²) >= 11 is 0. The Hall–Kier alpha value is -7.86. The van der Waals surface area contributed by atoms with Crippen LogP contribution in [0.2, 0.25) is 0 Å². The normalized spacial score (nSPS) is 17.6. The number of fused-ring (bicyclic) bond motifs is 2. The van der Waals surface area contributed by atoms with Crippen molar-refractivity contribution in [1.29, 1.82) is 0 Å². The first-order chi connectivity index (χ1) is 33.1. The first-order valence-corrected chi connectivity index (χ1v) is 22.6. The Labute approximate surface area is 395 Å². The van der Waals surface area contributed by atoms with Gasteiger partial charge >= 0.3 is 35.8 Å². The highest BCUT2D eigenvalue weighted by molar-refractivity contribution is 6.00. The van der Waals surface area contributed by atoms with Crippen molar-refractivity contribution in [3.05, 3.63) is 214 Å². The van der Waals surface area contributed by atoms with Crippen molar-refractivity contribution in [1.82, 2.24) is 0 Å². The lowest BCUT2D eigenvalue weighted by atomic mass is 9.67. The monoisotopic (exact) mass is 916 g/mol. The Kier molecular flexibility index (Phi) is 15.3. The maximum Gasteiger partial charge on any atom is 0.339 e. The Morgan fingerprint density at radius 1 is 0.397 bits per heavy atom. The third kappa shape index (κ3) is 9.14. The van der Waals surface area contributed by atoms with E-state index in [1.54, 1.807) is 64.1 Å². The first-order valence-electron chi connectivity index (χ1n) is 22.6. The van der Waals surface area contributed by atoms with E-state index >= 15 is 0 Å². The molecule has 12 heteroatoms. The van der Waals surface area contributed by atoms with Crippen molar-refractivity contribution in [2.45, 2.75) is 50.7 Å². The van der Waals surface area contributed by atoms with Gasteiger partial charge < -0.3 is 28.4 Å². The molecule has 6 aromatic carbocycles. The third-order valence-corrected chi connectivity index (χ3v) is 12.0. The van der Waals surface area contributed by atoms with Gasteiger partial charge in [-0.25, -0.2) is 9.59 Å². The molecule has 0 fully saturated rings. The van der Waals surface area contributed by atoms with Gasteiger partial charge in [-0.15, -0.1) is 0 Å². The molecule has 0 saturated heterocycles. The van der Waals surface area contributed by atoms with Crippen LogP contribution in [0.25, 0.3) is 0 Å². The van der Waals surface area contributed by atoms with Crippen molar-refractivity contribution in [3.8, 4) is 0 Å². The summed E-state index contributed by atoms with van der Waals surface area (Å²) < 4.78 is 33.8. The van der Waals surface area contributed by atoms with Crippen LogP contribution < -0.4 is 0 Å². The van der Waals surface area contributed by atoms with E-state index in [1.807, 2.05) is 133 Å². The fourth-order valence-corrected chi connectivity index (χ4v) is 9.41.